The first-order valence-corrected chi connectivity index (χ1v) is 5.73. The van der Waals surface area contributed by atoms with Crippen LogP contribution in [0.2, 0.25) is 0 Å². The molecule has 0 saturated carbocycles. The van der Waals surface area contributed by atoms with Gasteiger partial charge in [-0.2, -0.15) is 5.26 Å². The monoisotopic (exact) mass is 413 g/mol. The number of nitrogens with zero attached hydrogens (tertiary/aromatic N) is 1. The van der Waals surface area contributed by atoms with Crippen molar-refractivity contribution < 1.29 is 9.53 Å². The van der Waals surface area contributed by atoms with Crippen LogP contribution in [-0.4, -0.2) is 13.1 Å². The van der Waals surface area contributed by atoms with Gasteiger partial charge in [-0.25, -0.2) is 4.79 Å². The van der Waals surface area contributed by atoms with Gasteiger partial charge in [0.05, 0.1) is 18.2 Å². The highest BCUT2D eigenvalue weighted by Gasteiger charge is 2.13. The summed E-state index contributed by atoms with van der Waals surface area (Å²) in [5.41, 5.74) is 0.668. The van der Waals surface area contributed by atoms with Crippen LogP contribution in [0.15, 0.2) is 12.1 Å². The van der Waals surface area contributed by atoms with Crippen molar-refractivity contribution in [1.29, 1.82) is 5.26 Å². The van der Waals surface area contributed by atoms with Crippen molar-refractivity contribution in [1.82, 2.24) is 0 Å². The number of nitriles is 1. The average molecular weight is 413 g/mol. The van der Waals surface area contributed by atoms with Gasteiger partial charge < -0.3 is 4.74 Å². The van der Waals surface area contributed by atoms with Gasteiger partial charge in [0.25, 0.3) is 0 Å². The van der Waals surface area contributed by atoms with E-state index in [4.69, 9.17) is 5.26 Å². The van der Waals surface area contributed by atoms with Crippen LogP contribution >= 0.6 is 45.2 Å². The summed E-state index contributed by atoms with van der Waals surface area (Å²) in [6.45, 7) is 0. The first kappa shape index (κ1) is 11.7. The maximum atomic E-state index is 11.3. The molecule has 0 N–H and O–H groups in total. The molecule has 1 rings (SSSR count). The summed E-state index contributed by atoms with van der Waals surface area (Å²) in [4.78, 5) is 11.3. The Morgan fingerprint density at radius 2 is 2.00 bits per heavy atom. The van der Waals surface area contributed by atoms with Crippen molar-refractivity contribution in [2.24, 2.45) is 0 Å². The molecule has 0 fully saturated rings. The fourth-order valence-corrected chi connectivity index (χ4v) is 1.85. The molecule has 0 radical (unpaired) electrons. The van der Waals surface area contributed by atoms with E-state index in [1.807, 2.05) is 6.07 Å². The number of esters is 1. The van der Waals surface area contributed by atoms with E-state index in [-0.39, 0.29) is 0 Å². The highest BCUT2D eigenvalue weighted by atomic mass is 127. The third kappa shape index (κ3) is 2.36. The second kappa shape index (κ2) is 4.93. The smallest absolute Gasteiger partial charge is 0.339 e. The molecule has 3 nitrogen and oxygen atoms in total. The minimum Gasteiger partial charge on any atom is -0.465 e. The lowest BCUT2D eigenvalue weighted by Gasteiger charge is -2.03. The first-order valence-electron chi connectivity index (χ1n) is 3.57. The lowest BCUT2D eigenvalue weighted by Crippen LogP contribution is -2.05. The van der Waals surface area contributed by atoms with Crippen molar-refractivity contribution in [3.63, 3.8) is 0 Å². The number of halogens is 2. The van der Waals surface area contributed by atoms with Gasteiger partial charge in [-0.05, 0) is 57.3 Å². The molecule has 14 heavy (non-hydrogen) atoms. The lowest BCUT2D eigenvalue weighted by atomic mass is 10.1. The van der Waals surface area contributed by atoms with E-state index in [1.54, 1.807) is 12.1 Å². The standard InChI is InChI=1S/C9H5I2NO2/c1-14-9(13)6-3-8(11)7(10)2-5(6)4-12/h2-3H,1H3. The molecule has 0 atom stereocenters. The Morgan fingerprint density at radius 1 is 1.43 bits per heavy atom. The molecule has 1 aromatic carbocycles. The van der Waals surface area contributed by atoms with Crippen LogP contribution in [0.25, 0.3) is 0 Å². The zero-order chi connectivity index (χ0) is 10.7. The second-order valence-electron chi connectivity index (χ2n) is 2.42. The summed E-state index contributed by atoms with van der Waals surface area (Å²) in [6, 6.07) is 5.30. The van der Waals surface area contributed by atoms with Crippen molar-refractivity contribution in [2.45, 2.75) is 0 Å². The number of ether oxygens (including phenoxy) is 1. The zero-order valence-corrected chi connectivity index (χ0v) is 11.5. The van der Waals surface area contributed by atoms with Gasteiger partial charge in [0, 0.05) is 7.14 Å². The van der Waals surface area contributed by atoms with Crippen LogP contribution in [-0.2, 0) is 4.74 Å². The first-order chi connectivity index (χ1) is 6.60. The Kier molecular flexibility index (Phi) is 4.12. The molecule has 72 valence electrons. The third-order valence-corrected chi connectivity index (χ3v) is 4.40. The minimum atomic E-state index is -0.476. The van der Waals surface area contributed by atoms with Gasteiger partial charge in [0.2, 0.25) is 0 Å². The Bertz CT molecular complexity index is 424. The third-order valence-electron chi connectivity index (χ3n) is 1.59. The summed E-state index contributed by atoms with van der Waals surface area (Å²) in [7, 11) is 1.30. The van der Waals surface area contributed by atoms with Crippen LogP contribution < -0.4 is 0 Å². The predicted molar refractivity (Wildman–Crippen MR) is 67.9 cm³/mol. The van der Waals surface area contributed by atoms with E-state index in [0.29, 0.717) is 11.1 Å². The van der Waals surface area contributed by atoms with Crippen LogP contribution in [0.3, 0.4) is 0 Å². The number of rotatable bonds is 1. The van der Waals surface area contributed by atoms with Crippen LogP contribution in [0, 0.1) is 18.5 Å². The molecule has 0 spiro atoms. The van der Waals surface area contributed by atoms with Crippen LogP contribution in [0.1, 0.15) is 15.9 Å². The molecule has 0 unspecified atom stereocenters. The van der Waals surface area contributed by atoms with Gasteiger partial charge in [0.1, 0.15) is 6.07 Å². The highest BCUT2D eigenvalue weighted by Crippen LogP contribution is 2.20. The van der Waals surface area contributed by atoms with E-state index in [9.17, 15) is 4.79 Å². The normalized spacial score (nSPS) is 9.29. The van der Waals surface area contributed by atoms with Crippen molar-refractivity contribution in [3.8, 4) is 6.07 Å². The molecular weight excluding hydrogens is 408 g/mol. The number of hydrogen-bond acceptors (Lipinski definition) is 3. The molecule has 0 aliphatic carbocycles. The maximum Gasteiger partial charge on any atom is 0.339 e. The number of carbonyl (C=O) groups excluding carboxylic acids is 1. The Hall–Kier alpha value is -0.360. The Morgan fingerprint density at radius 3 is 2.50 bits per heavy atom. The van der Waals surface area contributed by atoms with E-state index in [1.165, 1.54) is 7.11 Å². The summed E-state index contributed by atoms with van der Waals surface area (Å²) >= 11 is 4.22. The summed E-state index contributed by atoms with van der Waals surface area (Å²) < 4.78 is 6.46. The fourth-order valence-electron chi connectivity index (χ4n) is 0.918. The van der Waals surface area contributed by atoms with Crippen molar-refractivity contribution in [2.75, 3.05) is 7.11 Å². The van der Waals surface area contributed by atoms with E-state index >= 15 is 0 Å². The van der Waals surface area contributed by atoms with Crippen LogP contribution in [0.5, 0.6) is 0 Å². The molecule has 0 aliphatic heterocycles. The van der Waals surface area contributed by atoms with E-state index in [0.717, 1.165) is 7.14 Å². The van der Waals surface area contributed by atoms with E-state index in [2.05, 4.69) is 49.9 Å². The number of carbonyl (C=O) groups is 1. The molecule has 0 bridgehead atoms. The zero-order valence-electron chi connectivity index (χ0n) is 7.17. The highest BCUT2D eigenvalue weighted by molar-refractivity contribution is 14.1. The lowest BCUT2D eigenvalue weighted by molar-refractivity contribution is 0.0600. The minimum absolute atomic E-state index is 0.319. The molecule has 0 amide bonds. The van der Waals surface area contributed by atoms with Crippen LogP contribution in [0.4, 0.5) is 0 Å². The molecular formula is C9H5I2NO2. The Labute approximate surface area is 109 Å². The fraction of sp³-hybridized carbons (Fsp3) is 0.111. The van der Waals surface area contributed by atoms with Crippen molar-refractivity contribution in [3.05, 3.63) is 30.4 Å². The maximum absolute atomic E-state index is 11.3. The van der Waals surface area contributed by atoms with Gasteiger partial charge in [-0.15, -0.1) is 0 Å². The molecule has 0 saturated heterocycles. The topological polar surface area (TPSA) is 50.1 Å². The average Bonchev–Trinajstić information content (AvgIpc) is 2.20. The molecule has 5 heteroatoms. The summed E-state index contributed by atoms with van der Waals surface area (Å²) in [5.74, 6) is -0.476. The van der Waals surface area contributed by atoms with Gasteiger partial charge in [-0.1, -0.05) is 0 Å². The molecule has 0 heterocycles. The van der Waals surface area contributed by atoms with Gasteiger partial charge in [0.15, 0.2) is 0 Å². The quantitative estimate of drug-likeness (QED) is 0.526. The number of hydrogen-bond donors (Lipinski definition) is 0. The van der Waals surface area contributed by atoms with E-state index < -0.39 is 5.97 Å². The molecule has 0 aliphatic rings. The van der Waals surface area contributed by atoms with Crippen molar-refractivity contribution >= 4 is 51.2 Å². The summed E-state index contributed by atoms with van der Waals surface area (Å²) in [5, 5.41) is 8.81. The van der Waals surface area contributed by atoms with Gasteiger partial charge in [-0.3, -0.25) is 0 Å². The number of methoxy groups -OCH3 is 1. The summed E-state index contributed by atoms with van der Waals surface area (Å²) in [6.07, 6.45) is 0. The predicted octanol–water partition coefficient (Wildman–Crippen LogP) is 2.55. The largest absolute Gasteiger partial charge is 0.465 e. The Balaban J connectivity index is 3.36. The SMILES string of the molecule is COC(=O)c1cc(I)c(I)cc1C#N. The van der Waals surface area contributed by atoms with Gasteiger partial charge >= 0.3 is 5.97 Å². The molecule has 0 aromatic heterocycles. The second-order valence-corrected chi connectivity index (χ2v) is 4.74. The molecule has 1 aromatic rings. The number of benzene rings is 1.